The van der Waals surface area contributed by atoms with Crippen molar-refractivity contribution in [1.29, 1.82) is 0 Å². The molecule has 1 aliphatic rings. The number of aldehydes is 1. The zero-order valence-corrected chi connectivity index (χ0v) is 18.5. The van der Waals surface area contributed by atoms with Crippen LogP contribution in [0.25, 0.3) is 10.9 Å². The van der Waals surface area contributed by atoms with E-state index in [0.29, 0.717) is 18.2 Å². The maximum atomic E-state index is 13.8. The molecule has 0 bridgehead atoms. The first-order valence-electron chi connectivity index (χ1n) is 10.2. The van der Waals surface area contributed by atoms with Crippen molar-refractivity contribution in [2.24, 2.45) is 17.5 Å². The van der Waals surface area contributed by atoms with Crippen molar-refractivity contribution in [1.82, 2.24) is 19.8 Å². The summed E-state index contributed by atoms with van der Waals surface area (Å²) >= 11 is 0. The predicted octanol–water partition coefficient (Wildman–Crippen LogP) is 1.00. The molecule has 0 aromatic carbocycles. The highest BCUT2D eigenvalue weighted by atomic mass is 19.1. The first kappa shape index (κ1) is 25.0. The molecule has 10 nitrogen and oxygen atoms in total. The van der Waals surface area contributed by atoms with Gasteiger partial charge in [0.2, 0.25) is 11.7 Å². The minimum Gasteiger partial charge on any atom is -0.403 e. The minimum absolute atomic E-state index is 0.0389. The molecule has 3 heterocycles. The number of nitrogens with two attached hydrogens (primary N) is 2. The van der Waals surface area contributed by atoms with Crippen LogP contribution in [0.1, 0.15) is 30.6 Å². The molecule has 0 radical (unpaired) electrons. The molecule has 0 atom stereocenters. The van der Waals surface area contributed by atoms with E-state index in [1.165, 1.54) is 18.6 Å². The zero-order valence-electron chi connectivity index (χ0n) is 18.5. The van der Waals surface area contributed by atoms with Gasteiger partial charge in [-0.25, -0.2) is 15.2 Å². The largest absolute Gasteiger partial charge is 0.403 e. The third-order valence-electron chi connectivity index (χ3n) is 4.95. The average molecular weight is 448 g/mol. The highest BCUT2D eigenvalue weighted by Gasteiger charge is 2.20. The summed E-state index contributed by atoms with van der Waals surface area (Å²) in [6.07, 6.45) is 5.44. The van der Waals surface area contributed by atoms with Crippen LogP contribution in [0.2, 0.25) is 0 Å². The number of H-pyrrole nitrogens is 1. The van der Waals surface area contributed by atoms with Crippen LogP contribution in [-0.2, 0) is 9.59 Å². The van der Waals surface area contributed by atoms with Crippen LogP contribution in [0.4, 0.5) is 10.2 Å². The summed E-state index contributed by atoms with van der Waals surface area (Å²) in [5, 5.41) is 1.02. The Kier molecular flexibility index (Phi) is 8.85. The minimum atomic E-state index is -0.833. The molecule has 174 valence electrons. The number of rotatable bonds is 6. The number of ketones is 1. The number of nitrogens with one attached hydrogen (secondary N) is 1. The topological polar surface area (TPSA) is 142 Å². The van der Waals surface area contributed by atoms with Gasteiger partial charge in [-0.3, -0.25) is 19.4 Å². The van der Waals surface area contributed by atoms with E-state index in [-0.39, 0.29) is 28.6 Å². The van der Waals surface area contributed by atoms with Crippen LogP contribution < -0.4 is 16.6 Å². The molecule has 5 N–H and O–H groups in total. The summed E-state index contributed by atoms with van der Waals surface area (Å²) in [5.74, 6) is 5.06. The lowest BCUT2D eigenvalue weighted by molar-refractivity contribution is -0.133. The van der Waals surface area contributed by atoms with E-state index in [1.54, 1.807) is 0 Å². The van der Waals surface area contributed by atoms with E-state index >= 15 is 0 Å². The van der Waals surface area contributed by atoms with Gasteiger partial charge in [-0.05, 0) is 13.0 Å². The monoisotopic (exact) mass is 447 g/mol. The van der Waals surface area contributed by atoms with Gasteiger partial charge >= 0.3 is 0 Å². The fourth-order valence-corrected chi connectivity index (χ4v) is 3.25. The number of aromatic amines is 1. The number of amides is 1. The van der Waals surface area contributed by atoms with Crippen LogP contribution in [0.3, 0.4) is 0 Å². The maximum Gasteiger partial charge on any atom is 0.227 e. The molecule has 2 aromatic heterocycles. The Morgan fingerprint density at radius 2 is 1.97 bits per heavy atom. The van der Waals surface area contributed by atoms with Crippen molar-refractivity contribution in [3.05, 3.63) is 36.2 Å². The number of Topliss-reactive ketones (excluding diaryl/α,β-unsaturated/α-hetero) is 1. The van der Waals surface area contributed by atoms with Gasteiger partial charge in [0.1, 0.15) is 0 Å². The van der Waals surface area contributed by atoms with Gasteiger partial charge in [0.05, 0.1) is 22.7 Å². The van der Waals surface area contributed by atoms with Crippen molar-refractivity contribution >= 4 is 34.7 Å². The van der Waals surface area contributed by atoms with E-state index in [1.807, 2.05) is 4.90 Å². The molecule has 3 rings (SSSR count). The van der Waals surface area contributed by atoms with Crippen LogP contribution in [0.5, 0.6) is 0 Å². The normalized spacial score (nSPS) is 14.5. The Hall–Kier alpha value is -3.31. The summed E-state index contributed by atoms with van der Waals surface area (Å²) in [6.45, 7) is 8.03. The highest BCUT2D eigenvalue weighted by molar-refractivity contribution is 6.36. The number of pyridine rings is 1. The second-order valence-electron chi connectivity index (χ2n) is 7.90. The number of hydrogen-bond acceptors (Lipinski definition) is 8. The SMILES string of the molecule is CC(C)CC(=O)N1CCN(C)CC1.N/C=C\N(N)c1ncc(F)c2c(C(=O)C=O)c[nH]c12. The maximum absolute atomic E-state index is 13.8. The van der Waals surface area contributed by atoms with Crippen LogP contribution in [-0.4, -0.2) is 71.0 Å². The van der Waals surface area contributed by atoms with Gasteiger partial charge in [-0.15, -0.1) is 0 Å². The Labute approximate surface area is 186 Å². The molecule has 1 amide bonds. The molecule has 11 heteroatoms. The van der Waals surface area contributed by atoms with Crippen molar-refractivity contribution < 1.29 is 18.8 Å². The first-order valence-corrected chi connectivity index (χ1v) is 10.2. The number of halogens is 1. The lowest BCUT2D eigenvalue weighted by atomic mass is 10.1. The molecule has 1 aliphatic heterocycles. The number of carbonyl (C=O) groups is 3. The second-order valence-corrected chi connectivity index (χ2v) is 7.90. The molecular weight excluding hydrogens is 417 g/mol. The van der Waals surface area contributed by atoms with E-state index in [9.17, 15) is 18.8 Å². The van der Waals surface area contributed by atoms with E-state index in [2.05, 4.69) is 35.8 Å². The Morgan fingerprint density at radius 1 is 1.31 bits per heavy atom. The van der Waals surface area contributed by atoms with E-state index in [4.69, 9.17) is 11.6 Å². The van der Waals surface area contributed by atoms with Crippen LogP contribution in [0, 0.1) is 11.7 Å². The standard InChI is InChI=1S/C11H10FN5O2.C10H20N2O/c12-7-4-16-11(17(14)2-1-13)10-9(7)6(3-15-10)8(19)5-18;1-9(2)8-10(13)12-6-4-11(3)5-7-12/h1-5,15H,13-14H2;9H,4-8H2,1-3H3/b2-1-;. The Morgan fingerprint density at radius 3 is 2.53 bits per heavy atom. The number of fused-ring (bicyclic) bond motifs is 1. The molecule has 2 aromatic rings. The van der Waals surface area contributed by atoms with Crippen LogP contribution in [0.15, 0.2) is 24.8 Å². The number of piperazine rings is 1. The van der Waals surface area contributed by atoms with E-state index in [0.717, 1.165) is 37.4 Å². The van der Waals surface area contributed by atoms with Gasteiger partial charge < -0.3 is 20.5 Å². The summed E-state index contributed by atoms with van der Waals surface area (Å²) in [4.78, 5) is 44.3. The van der Waals surface area contributed by atoms with Gasteiger partial charge in [0.25, 0.3) is 0 Å². The van der Waals surface area contributed by atoms with Crippen molar-refractivity contribution in [2.45, 2.75) is 20.3 Å². The predicted molar refractivity (Wildman–Crippen MR) is 120 cm³/mol. The molecule has 1 fully saturated rings. The van der Waals surface area contributed by atoms with Gasteiger partial charge in [0.15, 0.2) is 17.9 Å². The second kappa shape index (κ2) is 11.3. The lowest BCUT2D eigenvalue weighted by Gasteiger charge is -2.32. The third-order valence-corrected chi connectivity index (χ3v) is 4.95. The molecule has 1 saturated heterocycles. The third kappa shape index (κ3) is 6.11. The average Bonchev–Trinajstić information content (AvgIpc) is 3.20. The highest BCUT2D eigenvalue weighted by Crippen LogP contribution is 2.27. The number of likely N-dealkylation sites (N-methyl/N-ethyl adjacent to an activating group) is 1. The first-order chi connectivity index (χ1) is 15.2. The molecule has 0 unspecified atom stereocenters. The van der Waals surface area contributed by atoms with E-state index < -0.39 is 11.6 Å². The molecule has 0 aliphatic carbocycles. The molecule has 32 heavy (non-hydrogen) atoms. The number of hydrogen-bond donors (Lipinski definition) is 3. The van der Waals surface area contributed by atoms with Crippen molar-refractivity contribution in [2.75, 3.05) is 38.2 Å². The Bertz CT molecular complexity index is 981. The summed E-state index contributed by atoms with van der Waals surface area (Å²) < 4.78 is 13.8. The number of anilines is 1. The van der Waals surface area contributed by atoms with Gasteiger partial charge in [0, 0.05) is 51.2 Å². The van der Waals surface area contributed by atoms with Crippen molar-refractivity contribution in [3.63, 3.8) is 0 Å². The fourth-order valence-electron chi connectivity index (χ4n) is 3.25. The van der Waals surface area contributed by atoms with Crippen molar-refractivity contribution in [3.8, 4) is 0 Å². The number of aromatic nitrogens is 2. The van der Waals surface area contributed by atoms with Gasteiger partial charge in [-0.2, -0.15) is 0 Å². The number of nitrogens with zero attached hydrogens (tertiary/aromatic N) is 4. The number of hydrazine groups is 1. The number of carbonyl (C=O) groups excluding carboxylic acids is 3. The quantitative estimate of drug-likeness (QED) is 0.196. The smallest absolute Gasteiger partial charge is 0.227 e. The molecular formula is C21H30FN7O3. The zero-order chi connectivity index (χ0) is 23.8. The molecule has 0 spiro atoms. The summed E-state index contributed by atoms with van der Waals surface area (Å²) in [7, 11) is 2.10. The van der Waals surface area contributed by atoms with Gasteiger partial charge in [-0.1, -0.05) is 13.8 Å². The summed E-state index contributed by atoms with van der Waals surface area (Å²) in [6, 6.07) is 0. The molecule has 0 saturated carbocycles. The van der Waals surface area contributed by atoms with Crippen LogP contribution >= 0.6 is 0 Å². The Balaban J connectivity index is 0.000000244. The summed E-state index contributed by atoms with van der Waals surface area (Å²) in [5.41, 5.74) is 5.33. The lowest BCUT2D eigenvalue weighted by Crippen LogP contribution is -2.47. The fraction of sp³-hybridized carbons (Fsp3) is 0.429.